The van der Waals surface area contributed by atoms with Gasteiger partial charge in [-0.05, 0) is 35.4 Å². The van der Waals surface area contributed by atoms with Crippen LogP contribution in [0.2, 0.25) is 0 Å². The van der Waals surface area contributed by atoms with Crippen molar-refractivity contribution in [3.05, 3.63) is 89.7 Å². The first kappa shape index (κ1) is 19.6. The normalized spacial score (nSPS) is 15.7. The summed E-state index contributed by atoms with van der Waals surface area (Å²) in [5, 5.41) is 9.12. The number of aryl methyl sites for hydroxylation is 1. The molecule has 1 unspecified atom stereocenters. The summed E-state index contributed by atoms with van der Waals surface area (Å²) < 4.78 is 2.01. The Morgan fingerprint density at radius 2 is 1.77 bits per heavy atom. The van der Waals surface area contributed by atoms with Gasteiger partial charge in [0.25, 0.3) is 0 Å². The van der Waals surface area contributed by atoms with Gasteiger partial charge in [0.15, 0.2) is 0 Å². The van der Waals surface area contributed by atoms with Crippen LogP contribution >= 0.6 is 0 Å². The maximum absolute atomic E-state index is 13.2. The van der Waals surface area contributed by atoms with Crippen LogP contribution in [0.5, 0.6) is 0 Å². The average Bonchev–Trinajstić information content (AvgIpc) is 3.35. The summed E-state index contributed by atoms with van der Waals surface area (Å²) in [5.41, 5.74) is 4.57. The van der Waals surface area contributed by atoms with E-state index in [2.05, 4.69) is 5.32 Å². The quantitative estimate of drug-likeness (QED) is 0.706. The number of hydrogen-bond donors (Lipinski definition) is 1. The van der Waals surface area contributed by atoms with Gasteiger partial charge in [-0.25, -0.2) is 5.01 Å². The number of nitrogens with one attached hydrogen (secondary N) is 1. The monoisotopic (exact) mass is 400 g/mol. The number of nitrogens with zero attached hydrogens (tertiary/aromatic N) is 3. The Hall–Kier alpha value is -3.67. The van der Waals surface area contributed by atoms with Gasteiger partial charge in [-0.2, -0.15) is 5.10 Å². The summed E-state index contributed by atoms with van der Waals surface area (Å²) in [7, 11) is 1.98. The van der Waals surface area contributed by atoms with Crippen molar-refractivity contribution in [1.29, 1.82) is 0 Å². The second-order valence-corrected chi connectivity index (χ2v) is 7.47. The van der Waals surface area contributed by atoms with Crippen LogP contribution in [0, 0.1) is 0 Å². The Morgan fingerprint density at radius 1 is 1.03 bits per heavy atom. The molecule has 1 aliphatic rings. The Morgan fingerprint density at radius 3 is 2.40 bits per heavy atom. The molecule has 30 heavy (non-hydrogen) atoms. The lowest BCUT2D eigenvalue weighted by Crippen LogP contribution is -2.28. The van der Waals surface area contributed by atoms with Crippen LogP contribution in [-0.4, -0.2) is 27.1 Å². The molecule has 6 heteroatoms. The van der Waals surface area contributed by atoms with E-state index in [9.17, 15) is 9.59 Å². The van der Waals surface area contributed by atoms with Crippen molar-refractivity contribution in [2.45, 2.75) is 25.8 Å². The molecule has 0 radical (unpaired) electrons. The summed E-state index contributed by atoms with van der Waals surface area (Å²) >= 11 is 0. The van der Waals surface area contributed by atoms with E-state index < -0.39 is 0 Å². The van der Waals surface area contributed by atoms with Crippen LogP contribution in [-0.2, 0) is 23.1 Å². The fourth-order valence-electron chi connectivity index (χ4n) is 3.76. The Kier molecular flexibility index (Phi) is 5.48. The molecule has 0 saturated heterocycles. The molecule has 4 rings (SSSR count). The minimum absolute atomic E-state index is 0.0404. The molecule has 2 aromatic carbocycles. The van der Waals surface area contributed by atoms with Gasteiger partial charge in [0.1, 0.15) is 0 Å². The molecule has 1 aliphatic heterocycles. The highest BCUT2D eigenvalue weighted by Crippen LogP contribution is 2.34. The van der Waals surface area contributed by atoms with E-state index >= 15 is 0 Å². The lowest BCUT2D eigenvalue weighted by Gasteiger charge is -2.22. The highest BCUT2D eigenvalue weighted by atomic mass is 16.2. The fraction of sp³-hybridized carbons (Fsp3) is 0.208. The molecule has 2 heterocycles. The van der Waals surface area contributed by atoms with Crippen LogP contribution in [0.1, 0.15) is 36.2 Å². The molecule has 1 N–H and O–H groups in total. The molecular formula is C24H24N4O2. The van der Waals surface area contributed by atoms with E-state index in [1.54, 1.807) is 5.01 Å². The Labute approximate surface area is 175 Å². The van der Waals surface area contributed by atoms with E-state index in [1.165, 1.54) is 6.92 Å². The lowest BCUT2D eigenvalue weighted by atomic mass is 9.99. The number of carbonyl (C=O) groups excluding carboxylic acids is 2. The average molecular weight is 400 g/mol. The summed E-state index contributed by atoms with van der Waals surface area (Å²) in [4.78, 5) is 24.5. The number of benzene rings is 2. The van der Waals surface area contributed by atoms with Crippen molar-refractivity contribution in [3.63, 3.8) is 0 Å². The SMILES string of the molecule is CC(=O)Nc1ccc(C2CC(c3cccn3C)=NN2C(=O)Cc2ccccc2)cc1. The third-order valence-electron chi connectivity index (χ3n) is 5.22. The molecule has 0 spiro atoms. The first-order chi connectivity index (χ1) is 14.5. The maximum Gasteiger partial charge on any atom is 0.247 e. The second-order valence-electron chi connectivity index (χ2n) is 7.47. The predicted octanol–water partition coefficient (Wildman–Crippen LogP) is 3.90. The number of anilines is 1. The fourth-order valence-corrected chi connectivity index (χ4v) is 3.76. The Bertz CT molecular complexity index is 1080. The lowest BCUT2D eigenvalue weighted by molar-refractivity contribution is -0.132. The first-order valence-corrected chi connectivity index (χ1v) is 9.94. The minimum Gasteiger partial charge on any atom is -0.350 e. The van der Waals surface area contributed by atoms with Gasteiger partial charge in [0.05, 0.1) is 23.9 Å². The number of hydrazone groups is 1. The maximum atomic E-state index is 13.2. The molecule has 0 fully saturated rings. The number of hydrogen-bond acceptors (Lipinski definition) is 3. The zero-order valence-electron chi connectivity index (χ0n) is 17.1. The molecular weight excluding hydrogens is 376 g/mol. The number of amides is 2. The van der Waals surface area contributed by atoms with E-state index in [1.807, 2.05) is 84.5 Å². The van der Waals surface area contributed by atoms with Crippen LogP contribution in [0.15, 0.2) is 78.0 Å². The van der Waals surface area contributed by atoms with Crippen molar-refractivity contribution >= 4 is 23.2 Å². The van der Waals surface area contributed by atoms with Crippen molar-refractivity contribution in [2.75, 3.05) is 5.32 Å². The molecule has 6 nitrogen and oxygen atoms in total. The molecule has 0 aliphatic carbocycles. The van der Waals surface area contributed by atoms with Crippen LogP contribution in [0.3, 0.4) is 0 Å². The second kappa shape index (κ2) is 8.37. The topological polar surface area (TPSA) is 66.7 Å². The van der Waals surface area contributed by atoms with Gasteiger partial charge < -0.3 is 9.88 Å². The largest absolute Gasteiger partial charge is 0.350 e. The van der Waals surface area contributed by atoms with Crippen molar-refractivity contribution in [3.8, 4) is 0 Å². The van der Waals surface area contributed by atoms with Gasteiger partial charge in [0.2, 0.25) is 11.8 Å². The summed E-state index contributed by atoms with van der Waals surface area (Å²) in [5.74, 6) is -0.154. The van der Waals surface area contributed by atoms with E-state index in [4.69, 9.17) is 5.10 Å². The third kappa shape index (κ3) is 4.17. The zero-order chi connectivity index (χ0) is 21.1. The van der Waals surface area contributed by atoms with Crippen molar-refractivity contribution in [1.82, 2.24) is 9.58 Å². The molecule has 0 saturated carbocycles. The highest BCUT2D eigenvalue weighted by molar-refractivity contribution is 6.02. The van der Waals surface area contributed by atoms with Gasteiger partial charge in [-0.1, -0.05) is 42.5 Å². The van der Waals surface area contributed by atoms with Gasteiger partial charge >= 0.3 is 0 Å². The summed E-state index contributed by atoms with van der Waals surface area (Å²) in [6, 6.07) is 21.1. The summed E-state index contributed by atoms with van der Waals surface area (Å²) in [6.45, 7) is 1.48. The number of carbonyl (C=O) groups is 2. The van der Waals surface area contributed by atoms with Gasteiger partial charge in [-0.3, -0.25) is 9.59 Å². The molecule has 152 valence electrons. The smallest absolute Gasteiger partial charge is 0.247 e. The first-order valence-electron chi connectivity index (χ1n) is 9.94. The van der Waals surface area contributed by atoms with Crippen molar-refractivity contribution < 1.29 is 9.59 Å². The third-order valence-corrected chi connectivity index (χ3v) is 5.22. The van der Waals surface area contributed by atoms with E-state index in [0.29, 0.717) is 12.8 Å². The van der Waals surface area contributed by atoms with Crippen LogP contribution in [0.25, 0.3) is 0 Å². The van der Waals surface area contributed by atoms with Crippen LogP contribution in [0.4, 0.5) is 5.69 Å². The molecule has 1 aromatic heterocycles. The van der Waals surface area contributed by atoms with Gasteiger partial charge in [-0.15, -0.1) is 0 Å². The van der Waals surface area contributed by atoms with Crippen LogP contribution < -0.4 is 5.32 Å². The molecule has 0 bridgehead atoms. The number of rotatable bonds is 5. The number of aromatic nitrogens is 1. The molecule has 2 amide bonds. The van der Waals surface area contributed by atoms with Crippen molar-refractivity contribution in [2.24, 2.45) is 12.1 Å². The van der Waals surface area contributed by atoms with E-state index in [0.717, 1.165) is 28.2 Å². The summed E-state index contributed by atoms with van der Waals surface area (Å²) in [6.07, 6.45) is 2.91. The van der Waals surface area contributed by atoms with Gasteiger partial charge in [0, 0.05) is 32.3 Å². The predicted molar refractivity (Wildman–Crippen MR) is 117 cm³/mol. The molecule has 1 atom stereocenters. The Balaban J connectivity index is 1.63. The highest BCUT2D eigenvalue weighted by Gasteiger charge is 2.33. The standard InChI is InChI=1S/C24H24N4O2/c1-17(29)25-20-12-10-19(11-13-20)23-16-21(22-9-6-14-27(22)2)26-28(23)24(30)15-18-7-4-3-5-8-18/h3-14,23H,15-16H2,1-2H3,(H,25,29). The zero-order valence-corrected chi connectivity index (χ0v) is 17.1. The molecule has 3 aromatic rings. The van der Waals surface area contributed by atoms with E-state index in [-0.39, 0.29) is 17.9 Å². The minimum atomic E-state index is -0.183.